The van der Waals surface area contributed by atoms with E-state index in [2.05, 4.69) is 9.72 Å². The molecule has 0 unspecified atom stereocenters. The molecule has 14 heavy (non-hydrogen) atoms. The first-order valence-electron chi connectivity index (χ1n) is 4.20. The Morgan fingerprint density at radius 3 is 3.00 bits per heavy atom. The minimum atomic E-state index is -0.654. The van der Waals surface area contributed by atoms with Gasteiger partial charge in [-0.25, -0.2) is 4.98 Å². The highest BCUT2D eigenvalue weighted by Crippen LogP contribution is 2.10. The molecule has 1 aromatic rings. The Kier molecular flexibility index (Phi) is 3.39. The summed E-state index contributed by atoms with van der Waals surface area (Å²) in [6.07, 6.45) is -0.0998. The first-order chi connectivity index (χ1) is 6.63. The summed E-state index contributed by atoms with van der Waals surface area (Å²) in [7, 11) is 0. The van der Waals surface area contributed by atoms with Gasteiger partial charge in [-0.15, -0.1) is 0 Å². The van der Waals surface area contributed by atoms with Crippen LogP contribution >= 0.6 is 0 Å². The van der Waals surface area contributed by atoms with Crippen LogP contribution in [0.2, 0.25) is 0 Å². The lowest BCUT2D eigenvalue weighted by Gasteiger charge is -2.03. The van der Waals surface area contributed by atoms with Crippen LogP contribution in [0.3, 0.4) is 0 Å². The summed E-state index contributed by atoms with van der Waals surface area (Å²) in [4.78, 5) is 14.5. The molecule has 1 aromatic heterocycles. The number of nitrogen functional groups attached to an aromatic ring is 1. The molecule has 0 aliphatic carbocycles. The van der Waals surface area contributed by atoms with E-state index in [0.29, 0.717) is 5.69 Å². The summed E-state index contributed by atoms with van der Waals surface area (Å²) in [6.45, 7) is 1.98. The molecule has 2 N–H and O–H groups in total. The molecular weight excluding hydrogens is 187 g/mol. The van der Waals surface area contributed by atoms with Gasteiger partial charge < -0.3 is 10.5 Å². The van der Waals surface area contributed by atoms with Gasteiger partial charge in [0.05, 0.1) is 24.4 Å². The van der Waals surface area contributed by atoms with Crippen molar-refractivity contribution in [1.29, 1.82) is 0 Å². The van der Waals surface area contributed by atoms with Crippen LogP contribution in [0.15, 0.2) is 12.1 Å². The summed E-state index contributed by atoms with van der Waals surface area (Å²) < 4.78 is 17.3. The summed E-state index contributed by atoms with van der Waals surface area (Å²) in [5, 5.41) is 0. The molecule has 0 aromatic carbocycles. The zero-order valence-electron chi connectivity index (χ0n) is 7.79. The molecule has 0 saturated carbocycles. The Bertz CT molecular complexity index is 342. The number of carbonyl (C=O) groups is 1. The average molecular weight is 198 g/mol. The van der Waals surface area contributed by atoms with Crippen LogP contribution in [0.1, 0.15) is 12.6 Å². The lowest BCUT2D eigenvalue weighted by Crippen LogP contribution is -2.11. The molecule has 0 amide bonds. The SMILES string of the molecule is CCOC(=O)Cc1nc(F)ccc1N. The number of nitrogens with zero attached hydrogens (tertiary/aromatic N) is 1. The number of rotatable bonds is 3. The fourth-order valence-corrected chi connectivity index (χ4v) is 0.976. The molecular formula is C9H11FN2O2. The van der Waals surface area contributed by atoms with E-state index in [4.69, 9.17) is 5.73 Å². The van der Waals surface area contributed by atoms with Crippen molar-refractivity contribution in [1.82, 2.24) is 4.98 Å². The smallest absolute Gasteiger partial charge is 0.311 e. The molecule has 0 radical (unpaired) electrons. The van der Waals surface area contributed by atoms with E-state index in [1.54, 1.807) is 6.92 Å². The van der Waals surface area contributed by atoms with Gasteiger partial charge in [0.2, 0.25) is 5.95 Å². The molecule has 4 nitrogen and oxygen atoms in total. The predicted molar refractivity (Wildman–Crippen MR) is 48.9 cm³/mol. The van der Waals surface area contributed by atoms with Crippen molar-refractivity contribution in [2.45, 2.75) is 13.3 Å². The number of hydrogen-bond acceptors (Lipinski definition) is 4. The van der Waals surface area contributed by atoms with E-state index in [1.165, 1.54) is 6.07 Å². The van der Waals surface area contributed by atoms with Crippen molar-refractivity contribution in [3.05, 3.63) is 23.8 Å². The van der Waals surface area contributed by atoms with Gasteiger partial charge >= 0.3 is 5.97 Å². The standard InChI is InChI=1S/C9H11FN2O2/c1-2-14-9(13)5-7-6(11)3-4-8(10)12-7/h3-4H,2,5,11H2,1H3. The van der Waals surface area contributed by atoms with Crippen molar-refractivity contribution in [3.63, 3.8) is 0 Å². The third kappa shape index (κ3) is 2.69. The average Bonchev–Trinajstić information content (AvgIpc) is 2.12. The van der Waals surface area contributed by atoms with Crippen LogP contribution in [0, 0.1) is 5.95 Å². The summed E-state index contributed by atoms with van der Waals surface area (Å²) in [5.74, 6) is -1.12. The van der Waals surface area contributed by atoms with Gasteiger partial charge in [0.1, 0.15) is 0 Å². The first-order valence-corrected chi connectivity index (χ1v) is 4.20. The number of carbonyl (C=O) groups excluding carboxylic acids is 1. The van der Waals surface area contributed by atoms with Crippen LogP contribution in [-0.2, 0) is 16.0 Å². The maximum Gasteiger partial charge on any atom is 0.311 e. The topological polar surface area (TPSA) is 65.2 Å². The molecule has 0 atom stereocenters. The van der Waals surface area contributed by atoms with Gasteiger partial charge in [-0.1, -0.05) is 0 Å². The Labute approximate surface area is 80.9 Å². The highest BCUT2D eigenvalue weighted by atomic mass is 19.1. The molecule has 0 bridgehead atoms. The van der Waals surface area contributed by atoms with Crippen molar-refractivity contribution >= 4 is 11.7 Å². The Morgan fingerprint density at radius 1 is 1.64 bits per heavy atom. The zero-order valence-corrected chi connectivity index (χ0v) is 7.79. The normalized spacial score (nSPS) is 9.86. The highest BCUT2D eigenvalue weighted by Gasteiger charge is 2.09. The van der Waals surface area contributed by atoms with Crippen LogP contribution in [-0.4, -0.2) is 17.6 Å². The van der Waals surface area contributed by atoms with E-state index < -0.39 is 11.9 Å². The molecule has 0 spiro atoms. The minimum absolute atomic E-state index is 0.0998. The number of aromatic nitrogens is 1. The predicted octanol–water partition coefficient (Wildman–Crippen LogP) is 0.908. The summed E-state index contributed by atoms with van der Waals surface area (Å²) >= 11 is 0. The molecule has 5 heteroatoms. The fraction of sp³-hybridized carbons (Fsp3) is 0.333. The molecule has 76 valence electrons. The molecule has 1 rings (SSSR count). The number of nitrogens with two attached hydrogens (primary N) is 1. The second kappa shape index (κ2) is 4.55. The Hall–Kier alpha value is -1.65. The number of pyridine rings is 1. The van der Waals surface area contributed by atoms with Crippen LogP contribution in [0.4, 0.5) is 10.1 Å². The van der Waals surface area contributed by atoms with Gasteiger partial charge in [-0.05, 0) is 19.1 Å². The first kappa shape index (κ1) is 10.4. The second-order valence-electron chi connectivity index (χ2n) is 2.65. The van der Waals surface area contributed by atoms with Crippen molar-refractivity contribution < 1.29 is 13.9 Å². The van der Waals surface area contributed by atoms with Crippen molar-refractivity contribution in [2.75, 3.05) is 12.3 Å². The highest BCUT2D eigenvalue weighted by molar-refractivity contribution is 5.73. The fourth-order valence-electron chi connectivity index (χ4n) is 0.976. The quantitative estimate of drug-likeness (QED) is 0.579. The van der Waals surface area contributed by atoms with Gasteiger partial charge in [-0.2, -0.15) is 4.39 Å². The number of ether oxygens (including phenoxy) is 1. The second-order valence-corrected chi connectivity index (χ2v) is 2.65. The number of anilines is 1. The van der Waals surface area contributed by atoms with Crippen molar-refractivity contribution in [2.24, 2.45) is 0 Å². The van der Waals surface area contributed by atoms with Crippen molar-refractivity contribution in [3.8, 4) is 0 Å². The van der Waals surface area contributed by atoms with Gasteiger partial charge in [0.15, 0.2) is 0 Å². The zero-order chi connectivity index (χ0) is 10.6. The van der Waals surface area contributed by atoms with Gasteiger partial charge in [0, 0.05) is 0 Å². The van der Waals surface area contributed by atoms with Gasteiger partial charge in [0.25, 0.3) is 0 Å². The maximum absolute atomic E-state index is 12.7. The number of esters is 1. The molecule has 0 fully saturated rings. The largest absolute Gasteiger partial charge is 0.466 e. The van der Waals surface area contributed by atoms with Crippen LogP contribution in [0.5, 0.6) is 0 Å². The lowest BCUT2D eigenvalue weighted by atomic mass is 10.2. The molecule has 0 aliphatic heterocycles. The Morgan fingerprint density at radius 2 is 2.36 bits per heavy atom. The Balaban J connectivity index is 2.75. The van der Waals surface area contributed by atoms with E-state index in [9.17, 15) is 9.18 Å². The monoisotopic (exact) mass is 198 g/mol. The third-order valence-corrected chi connectivity index (χ3v) is 1.59. The van der Waals surface area contributed by atoms with E-state index >= 15 is 0 Å². The maximum atomic E-state index is 12.7. The number of hydrogen-bond donors (Lipinski definition) is 1. The molecule has 1 heterocycles. The number of halogens is 1. The summed E-state index contributed by atoms with van der Waals surface area (Å²) in [5.41, 5.74) is 6.00. The van der Waals surface area contributed by atoms with E-state index in [0.717, 1.165) is 6.07 Å². The van der Waals surface area contributed by atoms with Gasteiger partial charge in [-0.3, -0.25) is 4.79 Å². The van der Waals surface area contributed by atoms with E-state index in [1.807, 2.05) is 0 Å². The third-order valence-electron chi connectivity index (χ3n) is 1.59. The minimum Gasteiger partial charge on any atom is -0.466 e. The van der Waals surface area contributed by atoms with Crippen LogP contribution in [0.25, 0.3) is 0 Å². The van der Waals surface area contributed by atoms with E-state index in [-0.39, 0.29) is 18.7 Å². The molecule has 0 saturated heterocycles. The summed E-state index contributed by atoms with van der Waals surface area (Å²) in [6, 6.07) is 2.51. The molecule has 0 aliphatic rings. The van der Waals surface area contributed by atoms with Crippen LogP contribution < -0.4 is 5.73 Å². The lowest BCUT2D eigenvalue weighted by molar-refractivity contribution is -0.142.